The Hall–Kier alpha value is -1.93. The number of carboxylic acids is 3. The molecule has 0 spiro atoms. The van der Waals surface area contributed by atoms with E-state index in [0.717, 1.165) is 6.54 Å². The van der Waals surface area contributed by atoms with E-state index in [1.807, 2.05) is 0 Å². The summed E-state index contributed by atoms with van der Waals surface area (Å²) in [6.45, 7) is 3.14. The van der Waals surface area contributed by atoms with E-state index in [1.165, 1.54) is 89.9 Å². The monoisotopic (exact) mass is 459 g/mol. The molecule has 0 heterocycles. The fraction of sp³-hybridized carbons (Fsp3) is 0.792. The average molecular weight is 460 g/mol. The van der Waals surface area contributed by atoms with Crippen LogP contribution < -0.4 is 5.73 Å². The molecular formula is C24H45NO7. The summed E-state index contributed by atoms with van der Waals surface area (Å²) in [5, 5.41) is 33.8. The van der Waals surface area contributed by atoms with Crippen LogP contribution >= 0.6 is 0 Å². The van der Waals surface area contributed by atoms with E-state index in [1.54, 1.807) is 0 Å². The van der Waals surface area contributed by atoms with Crippen molar-refractivity contribution in [2.75, 3.05) is 6.54 Å². The molecule has 188 valence electrons. The fourth-order valence-electron chi connectivity index (χ4n) is 3.11. The van der Waals surface area contributed by atoms with Gasteiger partial charge in [-0.15, -0.1) is 0 Å². The highest BCUT2D eigenvalue weighted by Gasteiger charge is 2.40. The minimum atomic E-state index is -2.74. The molecule has 0 saturated heterocycles. The summed E-state index contributed by atoms with van der Waals surface area (Å²) >= 11 is 0. The number of unbranched alkanes of at least 4 members (excludes halogenated alkanes) is 12. The Morgan fingerprint density at radius 3 is 1.41 bits per heavy atom. The summed E-state index contributed by atoms with van der Waals surface area (Å²) in [6, 6.07) is 0. The molecule has 32 heavy (non-hydrogen) atoms. The second-order valence-corrected chi connectivity index (χ2v) is 8.20. The van der Waals surface area contributed by atoms with Crippen LogP contribution in [0.25, 0.3) is 0 Å². The lowest BCUT2D eigenvalue weighted by molar-refractivity contribution is -0.170. The highest BCUT2D eigenvalue weighted by atomic mass is 16.4. The number of carboxylic acid groups (broad SMARTS) is 3. The minimum Gasteiger partial charge on any atom is -0.481 e. The Morgan fingerprint density at radius 1 is 0.688 bits per heavy atom. The Bertz CT molecular complexity index is 504. The number of nitrogens with two attached hydrogens (primary N) is 1. The zero-order valence-electron chi connectivity index (χ0n) is 19.8. The molecular weight excluding hydrogens is 414 g/mol. The van der Waals surface area contributed by atoms with Gasteiger partial charge in [-0.1, -0.05) is 76.9 Å². The third-order valence-corrected chi connectivity index (χ3v) is 5.00. The Balaban J connectivity index is 0. The highest BCUT2D eigenvalue weighted by molar-refractivity contribution is 5.88. The lowest BCUT2D eigenvalue weighted by atomic mass is 9.96. The van der Waals surface area contributed by atoms with Crippen LogP contribution in [0, 0.1) is 0 Å². The molecule has 6 N–H and O–H groups in total. The van der Waals surface area contributed by atoms with Crippen LogP contribution in [-0.2, 0) is 14.4 Å². The van der Waals surface area contributed by atoms with E-state index in [9.17, 15) is 14.4 Å². The minimum absolute atomic E-state index is 0.862. The maximum absolute atomic E-state index is 10.3. The highest BCUT2D eigenvalue weighted by Crippen LogP contribution is 2.15. The summed E-state index contributed by atoms with van der Waals surface area (Å²) < 4.78 is 0. The van der Waals surface area contributed by atoms with Gasteiger partial charge in [-0.25, -0.2) is 4.79 Å². The molecule has 0 aromatic carbocycles. The molecule has 8 heteroatoms. The first kappa shape index (κ1) is 32.3. The number of allylic oxidation sites excluding steroid dienone is 2. The van der Waals surface area contributed by atoms with Crippen molar-refractivity contribution < 1.29 is 34.8 Å². The van der Waals surface area contributed by atoms with Gasteiger partial charge in [0.1, 0.15) is 0 Å². The fourth-order valence-corrected chi connectivity index (χ4v) is 3.11. The molecule has 0 fully saturated rings. The lowest BCUT2D eigenvalue weighted by Crippen LogP contribution is -2.42. The predicted molar refractivity (Wildman–Crippen MR) is 126 cm³/mol. The van der Waals surface area contributed by atoms with E-state index in [4.69, 9.17) is 26.2 Å². The molecule has 0 atom stereocenters. The van der Waals surface area contributed by atoms with E-state index in [0.29, 0.717) is 0 Å². The number of aliphatic carboxylic acids is 3. The summed E-state index contributed by atoms with van der Waals surface area (Å²) in [6.07, 6.45) is 21.6. The van der Waals surface area contributed by atoms with E-state index in [-0.39, 0.29) is 0 Å². The van der Waals surface area contributed by atoms with Gasteiger partial charge in [-0.3, -0.25) is 9.59 Å². The number of aliphatic hydroxyl groups is 1. The Kier molecular flexibility index (Phi) is 22.4. The Labute approximate surface area is 192 Å². The van der Waals surface area contributed by atoms with Crippen LogP contribution in [0.3, 0.4) is 0 Å². The van der Waals surface area contributed by atoms with Crippen molar-refractivity contribution in [3.63, 3.8) is 0 Å². The Morgan fingerprint density at radius 2 is 1.06 bits per heavy atom. The second-order valence-electron chi connectivity index (χ2n) is 8.20. The molecule has 8 nitrogen and oxygen atoms in total. The predicted octanol–water partition coefficient (Wildman–Crippen LogP) is 4.73. The third kappa shape index (κ3) is 22.7. The van der Waals surface area contributed by atoms with Gasteiger partial charge >= 0.3 is 17.9 Å². The molecule has 0 radical (unpaired) electrons. The van der Waals surface area contributed by atoms with Crippen molar-refractivity contribution in [1.29, 1.82) is 0 Å². The van der Waals surface area contributed by atoms with E-state index < -0.39 is 36.4 Å². The topological polar surface area (TPSA) is 158 Å². The zero-order valence-corrected chi connectivity index (χ0v) is 19.8. The van der Waals surface area contributed by atoms with Crippen LogP contribution in [0.15, 0.2) is 12.2 Å². The van der Waals surface area contributed by atoms with Gasteiger partial charge < -0.3 is 26.2 Å². The molecule has 0 unspecified atom stereocenters. The SMILES string of the molecule is CCCCCCCC/C=C\CCCCCCCCN.O=C(O)CC(O)(CC(=O)O)C(=O)O. The van der Waals surface area contributed by atoms with Crippen LogP contribution in [-0.4, -0.2) is 50.5 Å². The van der Waals surface area contributed by atoms with Crippen molar-refractivity contribution in [2.45, 2.75) is 115 Å². The van der Waals surface area contributed by atoms with Crippen molar-refractivity contribution in [1.82, 2.24) is 0 Å². The normalized spacial score (nSPS) is 11.2. The van der Waals surface area contributed by atoms with E-state index >= 15 is 0 Å². The van der Waals surface area contributed by atoms with Crippen LogP contribution in [0.2, 0.25) is 0 Å². The van der Waals surface area contributed by atoms with E-state index in [2.05, 4.69) is 19.1 Å². The van der Waals surface area contributed by atoms with Gasteiger partial charge in [-0.2, -0.15) is 0 Å². The molecule has 0 bridgehead atoms. The largest absolute Gasteiger partial charge is 0.481 e. The first-order valence-corrected chi connectivity index (χ1v) is 11.9. The van der Waals surface area contributed by atoms with Gasteiger partial charge in [0.2, 0.25) is 0 Å². The first-order chi connectivity index (χ1) is 15.2. The number of carbonyl (C=O) groups is 3. The lowest BCUT2D eigenvalue weighted by Gasteiger charge is -2.18. The maximum atomic E-state index is 10.3. The van der Waals surface area contributed by atoms with Crippen molar-refractivity contribution in [3.05, 3.63) is 12.2 Å². The number of rotatable bonds is 20. The molecule has 0 saturated carbocycles. The molecule has 0 rings (SSSR count). The quantitative estimate of drug-likeness (QED) is 0.129. The molecule has 0 aliphatic carbocycles. The van der Waals surface area contributed by atoms with Gasteiger partial charge in [0, 0.05) is 0 Å². The van der Waals surface area contributed by atoms with Gasteiger partial charge in [-0.05, 0) is 38.6 Å². The van der Waals surface area contributed by atoms with Gasteiger partial charge in [0.05, 0.1) is 12.8 Å². The summed E-state index contributed by atoms with van der Waals surface area (Å²) in [7, 11) is 0. The van der Waals surface area contributed by atoms with Crippen LogP contribution in [0.1, 0.15) is 110 Å². The molecule has 0 aliphatic rings. The van der Waals surface area contributed by atoms with Gasteiger partial charge in [0.25, 0.3) is 0 Å². The van der Waals surface area contributed by atoms with Crippen LogP contribution in [0.4, 0.5) is 0 Å². The standard InChI is InChI=1S/C18H37N.C6H8O7/c1-2-3-4-5-6-7-8-9-10-11-12-13-14-15-16-17-18-19;7-3(8)1-6(13,5(11)12)2-4(9)10/h9-10H,2-8,11-19H2,1H3;13H,1-2H2,(H,7,8)(H,9,10)(H,11,12)/b10-9-;. The molecule has 0 aliphatic heterocycles. The van der Waals surface area contributed by atoms with Crippen molar-refractivity contribution in [2.24, 2.45) is 5.73 Å². The smallest absolute Gasteiger partial charge is 0.336 e. The van der Waals surface area contributed by atoms with Crippen LogP contribution in [0.5, 0.6) is 0 Å². The number of hydrogen-bond acceptors (Lipinski definition) is 5. The molecule has 0 aromatic rings. The molecule has 0 aromatic heterocycles. The summed E-state index contributed by atoms with van der Waals surface area (Å²) in [4.78, 5) is 30.5. The molecule has 0 amide bonds. The summed E-state index contributed by atoms with van der Waals surface area (Å²) in [5.41, 5.74) is 2.74. The third-order valence-electron chi connectivity index (χ3n) is 5.00. The summed E-state index contributed by atoms with van der Waals surface area (Å²) in [5.74, 6) is -5.02. The van der Waals surface area contributed by atoms with Gasteiger partial charge in [0.15, 0.2) is 5.60 Å². The zero-order chi connectivity index (χ0) is 24.7. The number of hydrogen-bond donors (Lipinski definition) is 5. The maximum Gasteiger partial charge on any atom is 0.336 e. The van der Waals surface area contributed by atoms with Crippen molar-refractivity contribution in [3.8, 4) is 0 Å². The average Bonchev–Trinajstić information content (AvgIpc) is 2.70. The first-order valence-electron chi connectivity index (χ1n) is 11.9. The second kappa shape index (κ2) is 22.3. The van der Waals surface area contributed by atoms with Crippen molar-refractivity contribution >= 4 is 17.9 Å².